The Labute approximate surface area is 166 Å². The molecule has 1 N–H and O–H groups in total. The zero-order valence-electron chi connectivity index (χ0n) is 15.2. The normalized spacial score (nSPS) is 16.1. The zero-order chi connectivity index (χ0) is 19.8. The van der Waals surface area contributed by atoms with E-state index in [0.717, 1.165) is 28.5 Å². The minimum Gasteiger partial charge on any atom is -0.343 e. The van der Waals surface area contributed by atoms with E-state index in [4.69, 9.17) is 16.1 Å². The summed E-state index contributed by atoms with van der Waals surface area (Å²) in [6, 6.07) is 2.45. The van der Waals surface area contributed by atoms with Crippen LogP contribution in [0.3, 0.4) is 0 Å². The summed E-state index contributed by atoms with van der Waals surface area (Å²) in [6.07, 6.45) is 2.10. The van der Waals surface area contributed by atoms with E-state index in [1.54, 1.807) is 0 Å². The lowest BCUT2D eigenvalue weighted by molar-refractivity contribution is -0.122. The van der Waals surface area contributed by atoms with Crippen molar-refractivity contribution in [3.05, 3.63) is 28.2 Å². The maximum Gasteiger partial charge on any atom is 0.252 e. The first kappa shape index (κ1) is 20.2. The van der Waals surface area contributed by atoms with Gasteiger partial charge in [0.05, 0.1) is 10.9 Å². The molecule has 3 rings (SSSR count). The maximum absolute atomic E-state index is 12.5. The number of nitrogens with one attached hydrogen (secondary N) is 1. The van der Waals surface area contributed by atoms with E-state index in [0.29, 0.717) is 22.0 Å². The van der Waals surface area contributed by atoms with Gasteiger partial charge in [-0.25, -0.2) is 8.42 Å². The molecule has 2 aromatic rings. The fourth-order valence-electron chi connectivity index (χ4n) is 2.49. The largest absolute Gasteiger partial charge is 0.343 e. The van der Waals surface area contributed by atoms with Gasteiger partial charge in [-0.05, 0) is 30.9 Å². The molecule has 0 radical (unpaired) electrons. The number of likely N-dealkylation sites (N-methyl/N-ethyl adjacent to an activating group) is 1. The van der Waals surface area contributed by atoms with Crippen LogP contribution in [0.2, 0.25) is 4.34 Å². The van der Waals surface area contributed by atoms with Crippen molar-refractivity contribution < 1.29 is 17.7 Å². The molecule has 27 heavy (non-hydrogen) atoms. The highest BCUT2D eigenvalue weighted by Crippen LogP contribution is 2.38. The molecule has 1 aliphatic carbocycles. The summed E-state index contributed by atoms with van der Waals surface area (Å²) in [7, 11) is -2.43. The third-order valence-electron chi connectivity index (χ3n) is 4.23. The number of sulfonamides is 1. The second-order valence-corrected chi connectivity index (χ2v) is 10.9. The number of hydrogen-bond donors (Lipinski definition) is 1. The van der Waals surface area contributed by atoms with Gasteiger partial charge >= 0.3 is 0 Å². The third kappa shape index (κ3) is 4.68. The molecular formula is C16H21ClN4O4S2. The Morgan fingerprint density at radius 3 is 2.70 bits per heavy atom. The quantitative estimate of drug-likeness (QED) is 0.687. The predicted molar refractivity (Wildman–Crippen MR) is 101 cm³/mol. The summed E-state index contributed by atoms with van der Waals surface area (Å²) in [5.74, 6) is 0.906. The van der Waals surface area contributed by atoms with E-state index in [2.05, 4.69) is 15.5 Å². The molecule has 8 nitrogen and oxygen atoms in total. The van der Waals surface area contributed by atoms with Crippen molar-refractivity contribution in [3.63, 3.8) is 0 Å². The number of aromatic nitrogens is 2. The number of nitrogens with zero attached hydrogens (tertiary/aromatic N) is 3. The van der Waals surface area contributed by atoms with Crippen LogP contribution >= 0.6 is 22.9 Å². The molecule has 0 spiro atoms. The van der Waals surface area contributed by atoms with Crippen molar-refractivity contribution in [2.24, 2.45) is 5.92 Å². The van der Waals surface area contributed by atoms with Crippen LogP contribution in [0.4, 0.5) is 0 Å². The summed E-state index contributed by atoms with van der Waals surface area (Å²) in [5.41, 5.74) is 0. The van der Waals surface area contributed by atoms with E-state index in [1.165, 1.54) is 19.2 Å². The fourth-order valence-corrected chi connectivity index (χ4v) is 5.31. The van der Waals surface area contributed by atoms with Crippen LogP contribution in [0.1, 0.15) is 50.4 Å². The molecule has 0 bridgehead atoms. The van der Waals surface area contributed by atoms with E-state index >= 15 is 0 Å². The average molecular weight is 433 g/mol. The first-order chi connectivity index (χ1) is 12.7. The Morgan fingerprint density at radius 2 is 2.15 bits per heavy atom. The SMILES string of the molecule is CC(C)C(NC(=O)CN(C)S(=O)(=O)c1ccc(Cl)s1)c1nc(C2CC2)no1. The van der Waals surface area contributed by atoms with Crippen LogP contribution in [0.15, 0.2) is 20.9 Å². The summed E-state index contributed by atoms with van der Waals surface area (Å²) in [6.45, 7) is 3.50. The van der Waals surface area contributed by atoms with Gasteiger partial charge in [0.1, 0.15) is 10.3 Å². The van der Waals surface area contributed by atoms with Crippen molar-refractivity contribution in [2.75, 3.05) is 13.6 Å². The van der Waals surface area contributed by atoms with Crippen LogP contribution in [0, 0.1) is 5.92 Å². The maximum atomic E-state index is 12.5. The van der Waals surface area contributed by atoms with E-state index < -0.39 is 22.0 Å². The number of halogens is 1. The van der Waals surface area contributed by atoms with Crippen LogP contribution in [-0.2, 0) is 14.8 Å². The third-order valence-corrected chi connectivity index (χ3v) is 7.73. The molecule has 2 heterocycles. The number of amides is 1. The molecule has 148 valence electrons. The molecule has 0 saturated heterocycles. The number of thiophene rings is 1. The number of carbonyl (C=O) groups excluding carboxylic acids is 1. The average Bonchev–Trinajstić information content (AvgIpc) is 3.15. The topological polar surface area (TPSA) is 105 Å². The van der Waals surface area contributed by atoms with Crippen molar-refractivity contribution in [1.82, 2.24) is 19.8 Å². The van der Waals surface area contributed by atoms with Crippen molar-refractivity contribution >= 4 is 38.9 Å². The summed E-state index contributed by atoms with van der Waals surface area (Å²) < 4.78 is 31.8. The minimum absolute atomic E-state index is 0.000492. The lowest BCUT2D eigenvalue weighted by Gasteiger charge is -2.21. The van der Waals surface area contributed by atoms with E-state index in [1.807, 2.05) is 13.8 Å². The first-order valence-electron chi connectivity index (χ1n) is 8.53. The van der Waals surface area contributed by atoms with Crippen molar-refractivity contribution in [2.45, 2.75) is 42.9 Å². The smallest absolute Gasteiger partial charge is 0.252 e. The highest BCUT2D eigenvalue weighted by atomic mass is 35.5. The van der Waals surface area contributed by atoms with Gasteiger partial charge < -0.3 is 9.84 Å². The molecule has 11 heteroatoms. The Balaban J connectivity index is 1.66. The molecule has 1 amide bonds. The Hall–Kier alpha value is -1.49. The number of carbonyl (C=O) groups is 1. The van der Waals surface area contributed by atoms with E-state index in [-0.39, 0.29) is 16.7 Å². The highest BCUT2D eigenvalue weighted by molar-refractivity contribution is 7.91. The Morgan fingerprint density at radius 1 is 1.44 bits per heavy atom. The van der Waals surface area contributed by atoms with Crippen LogP contribution < -0.4 is 5.32 Å². The summed E-state index contributed by atoms with van der Waals surface area (Å²) >= 11 is 6.76. The highest BCUT2D eigenvalue weighted by Gasteiger charge is 2.32. The Kier molecular flexibility index (Phi) is 5.90. The lowest BCUT2D eigenvalue weighted by atomic mass is 10.0. The molecule has 1 aliphatic rings. The molecule has 0 aromatic carbocycles. The summed E-state index contributed by atoms with van der Waals surface area (Å²) in [5, 5.41) is 6.78. The van der Waals surface area contributed by atoms with Crippen molar-refractivity contribution in [1.29, 1.82) is 0 Å². The molecule has 1 atom stereocenters. The van der Waals surface area contributed by atoms with Gasteiger partial charge in [-0.15, -0.1) is 11.3 Å². The molecular weight excluding hydrogens is 412 g/mol. The van der Waals surface area contributed by atoms with Gasteiger partial charge in [-0.2, -0.15) is 9.29 Å². The lowest BCUT2D eigenvalue weighted by Crippen LogP contribution is -2.41. The molecule has 1 unspecified atom stereocenters. The molecule has 0 aliphatic heterocycles. The Bertz CT molecular complexity index is 921. The van der Waals surface area contributed by atoms with Gasteiger partial charge in [0, 0.05) is 13.0 Å². The standard InChI is InChI=1S/C16H21ClN4O4S2/c1-9(2)14(16-19-15(20-25-16)10-4-5-10)18-12(22)8-21(3)27(23,24)13-7-6-11(17)26-13/h6-7,9-10,14H,4-5,8H2,1-3H3,(H,18,22). The first-order valence-corrected chi connectivity index (χ1v) is 11.2. The second-order valence-electron chi connectivity index (χ2n) is 6.87. The van der Waals surface area contributed by atoms with Gasteiger partial charge in [0.25, 0.3) is 10.0 Å². The monoisotopic (exact) mass is 432 g/mol. The number of rotatable bonds is 8. The molecule has 1 fully saturated rings. The van der Waals surface area contributed by atoms with Gasteiger partial charge in [0.15, 0.2) is 5.82 Å². The molecule has 1 saturated carbocycles. The zero-order valence-corrected chi connectivity index (χ0v) is 17.6. The van der Waals surface area contributed by atoms with Gasteiger partial charge in [0.2, 0.25) is 11.8 Å². The van der Waals surface area contributed by atoms with E-state index in [9.17, 15) is 13.2 Å². The van der Waals surface area contributed by atoms with Gasteiger partial charge in [-0.1, -0.05) is 30.6 Å². The fraction of sp³-hybridized carbons (Fsp3) is 0.562. The van der Waals surface area contributed by atoms with Crippen LogP contribution in [0.5, 0.6) is 0 Å². The number of hydrogen-bond acceptors (Lipinski definition) is 7. The molecule has 2 aromatic heterocycles. The summed E-state index contributed by atoms with van der Waals surface area (Å²) in [4.78, 5) is 16.8. The minimum atomic E-state index is -3.78. The van der Waals surface area contributed by atoms with Crippen molar-refractivity contribution in [3.8, 4) is 0 Å². The van der Waals surface area contributed by atoms with Crippen LogP contribution in [0.25, 0.3) is 0 Å². The van der Waals surface area contributed by atoms with Gasteiger partial charge in [-0.3, -0.25) is 4.79 Å². The predicted octanol–water partition coefficient (Wildman–Crippen LogP) is 2.80. The van der Waals surface area contributed by atoms with Crippen LogP contribution in [-0.4, -0.2) is 42.4 Å². The second kappa shape index (κ2) is 7.86.